The van der Waals surface area contributed by atoms with Gasteiger partial charge in [0.05, 0.1) is 37.5 Å². The molecular formula is C38H41BF2N10O12P2S. The first kappa shape index (κ1) is 47.2. The van der Waals surface area contributed by atoms with Gasteiger partial charge in [0.1, 0.15) is 41.7 Å². The Labute approximate surface area is 378 Å². The van der Waals surface area contributed by atoms with E-state index in [1.54, 1.807) is 43.3 Å². The monoisotopic (exact) mass is 972 g/mol. The van der Waals surface area contributed by atoms with Crippen molar-refractivity contribution in [1.82, 2.24) is 39.0 Å². The van der Waals surface area contributed by atoms with E-state index in [4.69, 9.17) is 56.1 Å². The molecule has 6 aromatic rings. The van der Waals surface area contributed by atoms with E-state index in [-0.39, 0.29) is 57.6 Å². The SMILES string of the molecule is [B]P(=O)(OC)O[C@H]1[C@@H](F)[C@H](n2cnc3c(=O)[nH]c(N)nc32)O[C@@H]1COP(=O)(O[C@H]1[C@@H](F)[C@H](n2cnc3c(N)ncnc32)O[C@@H]1CC)SCc1ccc(OC(=O)c2ccc(OCC)cc2)cc1. The molecule has 66 heavy (non-hydrogen) atoms. The number of hydrogen-bond donors (Lipinski definition) is 3. The van der Waals surface area contributed by atoms with E-state index < -0.39 is 81.6 Å². The fourth-order valence-corrected chi connectivity index (χ4v) is 11.2. The number of rotatable bonds is 18. The van der Waals surface area contributed by atoms with Gasteiger partial charge in [0.2, 0.25) is 13.5 Å². The van der Waals surface area contributed by atoms with Crippen LogP contribution in [-0.4, -0.2) is 110 Å². The molecule has 2 saturated heterocycles. The lowest BCUT2D eigenvalue weighted by atomic mass is 10.1. The molecule has 2 aliphatic heterocycles. The highest BCUT2D eigenvalue weighted by molar-refractivity contribution is 8.54. The lowest BCUT2D eigenvalue weighted by molar-refractivity contribution is -0.0434. The Morgan fingerprint density at radius 2 is 1.52 bits per heavy atom. The van der Waals surface area contributed by atoms with Crippen LogP contribution in [0.2, 0.25) is 0 Å². The number of nitrogens with one attached hydrogen (secondary N) is 1. The average Bonchev–Trinajstić information content (AvgIpc) is 4.07. The van der Waals surface area contributed by atoms with Crippen molar-refractivity contribution < 1.29 is 59.7 Å². The smallest absolute Gasteiger partial charge is 0.389 e. The maximum Gasteiger partial charge on any atom is 0.389 e. The van der Waals surface area contributed by atoms with E-state index in [1.165, 1.54) is 29.4 Å². The number of anilines is 2. The first-order valence-corrected chi connectivity index (χ1v) is 24.8. The van der Waals surface area contributed by atoms with Crippen molar-refractivity contribution in [1.29, 1.82) is 0 Å². The molecule has 2 aliphatic rings. The number of alkyl halides is 2. The van der Waals surface area contributed by atoms with Gasteiger partial charge in [-0.1, -0.05) is 19.1 Å². The van der Waals surface area contributed by atoms with Crippen molar-refractivity contribution in [2.75, 3.05) is 31.8 Å². The van der Waals surface area contributed by atoms with Gasteiger partial charge in [-0.15, -0.1) is 0 Å². The predicted molar refractivity (Wildman–Crippen MR) is 234 cm³/mol. The summed E-state index contributed by atoms with van der Waals surface area (Å²) in [5.74, 6) is -0.139. The van der Waals surface area contributed by atoms with Gasteiger partial charge in [0.25, 0.3) is 13.0 Å². The number of H-pyrrole nitrogens is 1. The summed E-state index contributed by atoms with van der Waals surface area (Å²) in [7, 11) is 2.25. The number of nitrogens with zero attached hydrogens (tertiary/aromatic N) is 7. The quantitative estimate of drug-likeness (QED) is 0.0422. The molecule has 2 fully saturated rings. The van der Waals surface area contributed by atoms with E-state index >= 15 is 13.3 Å². The van der Waals surface area contributed by atoms with Crippen molar-refractivity contribution in [3.63, 3.8) is 0 Å². The van der Waals surface area contributed by atoms with Gasteiger partial charge in [0, 0.05) is 12.9 Å². The largest absolute Gasteiger partial charge is 0.494 e. The highest BCUT2D eigenvalue weighted by Crippen LogP contribution is 2.64. The zero-order valence-electron chi connectivity index (χ0n) is 35.1. The molecule has 348 valence electrons. The summed E-state index contributed by atoms with van der Waals surface area (Å²) in [6.45, 7) is -1.38. The van der Waals surface area contributed by atoms with Crippen LogP contribution in [0.1, 0.15) is 48.6 Å². The second-order valence-corrected chi connectivity index (χ2v) is 20.3. The molecule has 0 saturated carbocycles. The number of fused-ring (bicyclic) bond motifs is 2. The van der Waals surface area contributed by atoms with Gasteiger partial charge in [0.15, 0.2) is 47.4 Å². The second kappa shape index (κ2) is 19.5. The summed E-state index contributed by atoms with van der Waals surface area (Å²) in [5, 5.41) is 0. The van der Waals surface area contributed by atoms with Crippen LogP contribution < -0.4 is 26.5 Å². The van der Waals surface area contributed by atoms with Crippen LogP contribution in [0.4, 0.5) is 20.5 Å². The third-order valence-electron chi connectivity index (χ3n) is 10.4. The first-order chi connectivity index (χ1) is 31.6. The molecule has 6 heterocycles. The highest BCUT2D eigenvalue weighted by Gasteiger charge is 2.53. The van der Waals surface area contributed by atoms with Gasteiger partial charge in [-0.25, -0.2) is 38.1 Å². The Bertz CT molecular complexity index is 2870. The Kier molecular flexibility index (Phi) is 14.0. The van der Waals surface area contributed by atoms with Crippen LogP contribution in [0.15, 0.2) is 72.3 Å². The Hall–Kier alpha value is -5.30. The number of carbonyl (C=O) groups is 1. The summed E-state index contributed by atoms with van der Waals surface area (Å²) < 4.78 is 109. The maximum absolute atomic E-state index is 16.8. The molecule has 0 aliphatic carbocycles. The number of ether oxygens (including phenoxy) is 4. The highest BCUT2D eigenvalue weighted by atomic mass is 32.7. The minimum atomic E-state index is -4.61. The molecule has 5 N–H and O–H groups in total. The van der Waals surface area contributed by atoms with Gasteiger partial charge in [-0.2, -0.15) is 4.98 Å². The minimum absolute atomic E-state index is 0.0565. The standard InChI is InChI=1S/C38H41BF2N10O12P2S/c1-4-23-29(25(40)35(60-23)50-17-46-27-31(42)44-16-45-32(27)50)63-65(55,66-15-19-6-10-22(11-7-19)59-37(53)20-8-12-21(13-9-20)57-5-2)58-14-24-30(62-64(39,54)56-3)26(41)36(61-24)51-18-47-28-33(51)48-38(43)49-34(28)52/h6-13,16-18,23-26,29-30,35-36H,4-5,14-15H2,1-3H3,(H2,42,44,45)(H3,43,48,49,52)/t23-,24-,25-,26-,29-,30-,35-,36-,64?,65?/m1/s1. The van der Waals surface area contributed by atoms with Gasteiger partial charge in [-0.3, -0.25) is 32.5 Å². The number of halogens is 2. The number of benzene rings is 2. The van der Waals surface area contributed by atoms with Crippen molar-refractivity contribution >= 4 is 73.3 Å². The summed E-state index contributed by atoms with van der Waals surface area (Å²) >= 11 is 0.652. The number of carbonyl (C=O) groups excluding carboxylic acids is 1. The maximum atomic E-state index is 16.8. The van der Waals surface area contributed by atoms with Crippen molar-refractivity contribution in [3.05, 3.63) is 89.0 Å². The number of imidazole rings is 2. The van der Waals surface area contributed by atoms with E-state index in [0.717, 1.165) is 18.0 Å². The molecule has 28 heteroatoms. The lowest BCUT2D eigenvalue weighted by Gasteiger charge is -2.27. The van der Waals surface area contributed by atoms with E-state index in [2.05, 4.69) is 29.9 Å². The molecule has 0 amide bonds. The zero-order valence-corrected chi connectivity index (χ0v) is 37.7. The molecule has 2 aromatic carbocycles. The van der Waals surface area contributed by atoms with Gasteiger partial charge in [-0.05, 0) is 66.7 Å². The zero-order chi connectivity index (χ0) is 46.9. The number of aromatic nitrogens is 8. The Morgan fingerprint density at radius 3 is 2.18 bits per heavy atom. The number of esters is 1. The Morgan fingerprint density at radius 1 is 0.879 bits per heavy atom. The average molecular weight is 973 g/mol. The third kappa shape index (κ3) is 9.87. The minimum Gasteiger partial charge on any atom is -0.494 e. The second-order valence-electron chi connectivity index (χ2n) is 14.7. The Balaban J connectivity index is 1.05. The molecule has 8 rings (SSSR count). The normalized spacial score (nSPS) is 24.9. The van der Waals surface area contributed by atoms with Crippen molar-refractivity contribution in [3.8, 4) is 11.5 Å². The number of aromatic amines is 1. The lowest BCUT2D eigenvalue weighted by Crippen LogP contribution is -2.34. The number of nitrogen functional groups attached to an aromatic ring is 2. The van der Waals surface area contributed by atoms with Crippen molar-refractivity contribution in [2.45, 2.75) is 75.2 Å². The van der Waals surface area contributed by atoms with Crippen LogP contribution in [0.25, 0.3) is 22.3 Å². The van der Waals surface area contributed by atoms with Gasteiger partial charge >= 0.3 is 12.8 Å². The van der Waals surface area contributed by atoms with E-state index in [0.29, 0.717) is 29.3 Å². The predicted octanol–water partition coefficient (Wildman–Crippen LogP) is 5.37. The van der Waals surface area contributed by atoms with Crippen LogP contribution in [0, 0.1) is 0 Å². The summed E-state index contributed by atoms with van der Waals surface area (Å²) in [4.78, 5) is 48.0. The first-order valence-electron chi connectivity index (χ1n) is 20.1. The molecule has 4 aromatic heterocycles. The van der Waals surface area contributed by atoms with Crippen LogP contribution >= 0.6 is 25.7 Å². The molecule has 10 atom stereocenters. The topological polar surface area (TPSA) is 284 Å². The molecular weight excluding hydrogens is 931 g/mol. The van der Waals surface area contributed by atoms with E-state index in [1.807, 2.05) is 6.92 Å². The fourth-order valence-electron chi connectivity index (χ4n) is 7.19. The molecule has 2 radical (unpaired) electrons. The molecule has 22 nitrogen and oxygen atoms in total. The molecule has 2 unspecified atom stereocenters. The van der Waals surface area contributed by atoms with Gasteiger partial charge < -0.3 is 39.5 Å². The third-order valence-corrected chi connectivity index (χ3v) is 15.1. The number of hydrogen-bond acceptors (Lipinski definition) is 20. The molecule has 0 bridgehead atoms. The van der Waals surface area contributed by atoms with E-state index in [9.17, 15) is 14.2 Å². The van der Waals surface area contributed by atoms with Crippen molar-refractivity contribution in [2.24, 2.45) is 0 Å². The summed E-state index contributed by atoms with van der Waals surface area (Å²) in [5.41, 5.74) is 11.8. The summed E-state index contributed by atoms with van der Waals surface area (Å²) in [6, 6.07) is 12.7. The van der Waals surface area contributed by atoms with Crippen LogP contribution in [0.3, 0.4) is 0 Å². The number of nitrogens with two attached hydrogens (primary N) is 2. The molecule has 0 spiro atoms. The van der Waals surface area contributed by atoms with Crippen LogP contribution in [0.5, 0.6) is 11.5 Å². The van der Waals surface area contributed by atoms with Crippen LogP contribution in [-0.2, 0) is 42.5 Å². The fraction of sp³-hybridized carbons (Fsp3) is 0.395. The summed E-state index contributed by atoms with van der Waals surface area (Å²) in [6.07, 6.45) is -9.42.